The van der Waals surface area contributed by atoms with E-state index in [0.717, 1.165) is 13.1 Å². The van der Waals surface area contributed by atoms with Gasteiger partial charge in [-0.05, 0) is 48.9 Å². The summed E-state index contributed by atoms with van der Waals surface area (Å²) >= 11 is 0. The molecule has 2 fully saturated rings. The Morgan fingerprint density at radius 2 is 1.62 bits per heavy atom. The predicted molar refractivity (Wildman–Crippen MR) is 88.3 cm³/mol. The summed E-state index contributed by atoms with van der Waals surface area (Å²) < 4.78 is 0. The maximum absolute atomic E-state index is 12.2. The molecule has 7 heteroatoms. The van der Waals surface area contributed by atoms with Gasteiger partial charge >= 0.3 is 0 Å². The molecule has 0 spiro atoms. The zero-order valence-corrected chi connectivity index (χ0v) is 13.4. The molecular weight excluding hydrogens is 310 g/mol. The first kappa shape index (κ1) is 16.9. The lowest BCUT2D eigenvalue weighted by atomic mass is 9.79. The smallest absolute Gasteiger partial charge is 0.248 e. The lowest BCUT2D eigenvalue weighted by Crippen LogP contribution is -2.38. The second kappa shape index (κ2) is 6.88. The van der Waals surface area contributed by atoms with Gasteiger partial charge in [0.05, 0.1) is 18.8 Å². The Balaban J connectivity index is 1.51. The Morgan fingerprint density at radius 3 is 2.12 bits per heavy atom. The van der Waals surface area contributed by atoms with Crippen molar-refractivity contribution < 1.29 is 19.8 Å². The number of nitrogens with one attached hydrogen (secondary N) is 1. The number of carbonyl (C=O) groups excluding carboxylic acids is 2. The Morgan fingerprint density at radius 1 is 1.08 bits per heavy atom. The second-order valence-electron chi connectivity index (χ2n) is 6.81. The summed E-state index contributed by atoms with van der Waals surface area (Å²) in [5, 5.41) is 22.3. The van der Waals surface area contributed by atoms with E-state index in [-0.39, 0.29) is 12.5 Å². The van der Waals surface area contributed by atoms with Gasteiger partial charge in [-0.15, -0.1) is 0 Å². The van der Waals surface area contributed by atoms with Gasteiger partial charge in [0.15, 0.2) is 0 Å². The van der Waals surface area contributed by atoms with Crippen LogP contribution in [0, 0.1) is 11.8 Å². The zero-order chi connectivity index (χ0) is 17.3. The van der Waals surface area contributed by atoms with Crippen LogP contribution in [0.15, 0.2) is 24.3 Å². The van der Waals surface area contributed by atoms with Crippen LogP contribution in [0.25, 0.3) is 0 Å². The minimum absolute atomic E-state index is 0.124. The zero-order valence-electron chi connectivity index (χ0n) is 13.4. The third-order valence-corrected chi connectivity index (χ3v) is 5.01. The Labute approximate surface area is 140 Å². The predicted octanol–water partition coefficient (Wildman–Crippen LogP) is -0.212. The average molecular weight is 333 g/mol. The van der Waals surface area contributed by atoms with Crippen LogP contribution in [0.2, 0.25) is 0 Å². The molecule has 1 aromatic rings. The van der Waals surface area contributed by atoms with Crippen molar-refractivity contribution in [3.8, 4) is 0 Å². The second-order valence-corrected chi connectivity index (χ2v) is 6.81. The van der Waals surface area contributed by atoms with Crippen LogP contribution < -0.4 is 11.1 Å². The van der Waals surface area contributed by atoms with Crippen LogP contribution >= 0.6 is 0 Å². The van der Waals surface area contributed by atoms with Gasteiger partial charge in [-0.2, -0.15) is 0 Å². The molecule has 1 aromatic carbocycles. The normalized spacial score (nSPS) is 29.9. The molecular formula is C17H23N3O4. The van der Waals surface area contributed by atoms with Crippen molar-refractivity contribution in [1.29, 1.82) is 0 Å². The topological polar surface area (TPSA) is 116 Å². The van der Waals surface area contributed by atoms with Gasteiger partial charge < -0.3 is 21.3 Å². The number of amides is 2. The highest BCUT2D eigenvalue weighted by molar-refractivity contribution is 5.95. The van der Waals surface area contributed by atoms with Crippen LogP contribution in [-0.2, 0) is 4.79 Å². The van der Waals surface area contributed by atoms with Gasteiger partial charge in [0.2, 0.25) is 11.8 Å². The van der Waals surface area contributed by atoms with E-state index in [1.807, 2.05) is 0 Å². The maximum Gasteiger partial charge on any atom is 0.248 e. The number of carbonyl (C=O) groups is 2. The fraction of sp³-hybridized carbons (Fsp3) is 0.529. The molecule has 5 N–H and O–H groups in total. The van der Waals surface area contributed by atoms with Crippen LogP contribution in [0.4, 0.5) is 5.69 Å². The number of nitrogens with two attached hydrogens (primary N) is 1. The molecule has 1 saturated carbocycles. The summed E-state index contributed by atoms with van der Waals surface area (Å²) in [5.74, 6) is 0.0515. The molecule has 130 valence electrons. The van der Waals surface area contributed by atoms with E-state index in [2.05, 4.69) is 10.2 Å². The van der Waals surface area contributed by atoms with Crippen LogP contribution in [0.3, 0.4) is 0 Å². The lowest BCUT2D eigenvalue weighted by Gasteiger charge is -2.32. The lowest BCUT2D eigenvalue weighted by molar-refractivity contribution is -0.117. The highest BCUT2D eigenvalue weighted by Gasteiger charge is 2.41. The Bertz CT molecular complexity index is 601. The molecule has 2 aliphatic rings. The van der Waals surface area contributed by atoms with Crippen molar-refractivity contribution in [3.05, 3.63) is 29.8 Å². The molecule has 1 aliphatic carbocycles. The van der Waals surface area contributed by atoms with Crippen molar-refractivity contribution in [1.82, 2.24) is 4.90 Å². The van der Waals surface area contributed by atoms with E-state index in [9.17, 15) is 19.8 Å². The van der Waals surface area contributed by atoms with E-state index in [4.69, 9.17) is 5.73 Å². The number of benzene rings is 1. The fourth-order valence-electron chi connectivity index (χ4n) is 3.76. The monoisotopic (exact) mass is 333 g/mol. The largest absolute Gasteiger partial charge is 0.390 e. The molecule has 0 radical (unpaired) electrons. The molecule has 1 heterocycles. The van der Waals surface area contributed by atoms with Gasteiger partial charge in [-0.3, -0.25) is 14.5 Å². The summed E-state index contributed by atoms with van der Waals surface area (Å²) in [6, 6.07) is 6.44. The fourth-order valence-corrected chi connectivity index (χ4v) is 3.76. The molecule has 0 unspecified atom stereocenters. The molecule has 1 saturated heterocycles. The van der Waals surface area contributed by atoms with Crippen molar-refractivity contribution in [2.24, 2.45) is 17.6 Å². The van der Waals surface area contributed by atoms with E-state index in [1.54, 1.807) is 24.3 Å². The minimum atomic E-state index is -0.649. The van der Waals surface area contributed by atoms with E-state index in [1.165, 1.54) is 0 Å². The van der Waals surface area contributed by atoms with Gasteiger partial charge in [-0.25, -0.2) is 0 Å². The summed E-state index contributed by atoms with van der Waals surface area (Å²) in [7, 11) is 0. The summed E-state index contributed by atoms with van der Waals surface area (Å²) in [6.07, 6.45) is -0.107. The van der Waals surface area contributed by atoms with Crippen molar-refractivity contribution in [2.45, 2.75) is 25.0 Å². The van der Waals surface area contributed by atoms with Crippen molar-refractivity contribution in [3.63, 3.8) is 0 Å². The van der Waals surface area contributed by atoms with Crippen molar-refractivity contribution in [2.75, 3.05) is 25.0 Å². The number of hydrogen-bond acceptors (Lipinski definition) is 5. The van der Waals surface area contributed by atoms with Crippen LogP contribution in [0.1, 0.15) is 23.2 Å². The number of aliphatic hydroxyl groups excluding tert-OH is 2. The molecule has 2 amide bonds. The van der Waals surface area contributed by atoms with Crippen LogP contribution in [-0.4, -0.2) is 58.8 Å². The molecule has 7 nitrogen and oxygen atoms in total. The van der Waals surface area contributed by atoms with E-state index < -0.39 is 18.1 Å². The standard InChI is InChI=1S/C17H23N3O4/c18-17(24)10-1-3-13(4-2-10)19-16(23)9-20-7-11-5-14(21)15(22)6-12(11)8-20/h1-4,11-12,14-15,21-22H,5-9H2,(H2,18,24)(H,19,23)/t11-,12+,14-,15-/m0/s1. The Hall–Kier alpha value is -1.96. The van der Waals surface area contributed by atoms with Crippen molar-refractivity contribution >= 4 is 17.5 Å². The summed E-state index contributed by atoms with van der Waals surface area (Å²) in [6.45, 7) is 1.81. The first-order valence-electron chi connectivity index (χ1n) is 8.20. The molecule has 24 heavy (non-hydrogen) atoms. The third kappa shape index (κ3) is 3.75. The number of fused-ring (bicyclic) bond motifs is 1. The molecule has 4 atom stereocenters. The number of aliphatic hydroxyl groups is 2. The summed E-state index contributed by atoms with van der Waals surface area (Å²) in [5.41, 5.74) is 6.20. The Kier molecular flexibility index (Phi) is 4.84. The van der Waals surface area contributed by atoms with E-state index in [0.29, 0.717) is 35.9 Å². The number of likely N-dealkylation sites (tertiary alicyclic amines) is 1. The molecule has 3 rings (SSSR count). The highest BCUT2D eigenvalue weighted by Crippen LogP contribution is 2.36. The molecule has 1 aliphatic heterocycles. The SMILES string of the molecule is NC(=O)c1ccc(NC(=O)CN2C[C@H]3C[C@H](O)[C@@H](O)C[C@H]3C2)cc1. The number of anilines is 1. The first-order valence-corrected chi connectivity index (χ1v) is 8.20. The highest BCUT2D eigenvalue weighted by atomic mass is 16.3. The molecule has 0 bridgehead atoms. The number of primary amides is 1. The van der Waals surface area contributed by atoms with Gasteiger partial charge in [0, 0.05) is 24.3 Å². The molecule has 0 aromatic heterocycles. The minimum Gasteiger partial charge on any atom is -0.390 e. The van der Waals surface area contributed by atoms with Gasteiger partial charge in [0.1, 0.15) is 0 Å². The van der Waals surface area contributed by atoms with Gasteiger partial charge in [0.25, 0.3) is 0 Å². The third-order valence-electron chi connectivity index (χ3n) is 5.01. The van der Waals surface area contributed by atoms with Gasteiger partial charge in [-0.1, -0.05) is 0 Å². The first-order chi connectivity index (χ1) is 11.4. The number of rotatable bonds is 4. The maximum atomic E-state index is 12.2. The van der Waals surface area contributed by atoms with Crippen LogP contribution in [0.5, 0.6) is 0 Å². The average Bonchev–Trinajstić information content (AvgIpc) is 2.89. The number of nitrogens with zero attached hydrogens (tertiary/aromatic N) is 1. The van der Waals surface area contributed by atoms with E-state index >= 15 is 0 Å². The summed E-state index contributed by atoms with van der Waals surface area (Å²) in [4.78, 5) is 25.3. The number of hydrogen-bond donors (Lipinski definition) is 4. The quantitative estimate of drug-likeness (QED) is 0.608.